The molecule has 1 saturated carbocycles. The van der Waals surface area contributed by atoms with E-state index in [0.29, 0.717) is 6.54 Å². The van der Waals surface area contributed by atoms with Crippen LogP contribution >= 0.6 is 0 Å². The van der Waals surface area contributed by atoms with Crippen molar-refractivity contribution in [1.82, 2.24) is 4.90 Å². The van der Waals surface area contributed by atoms with Gasteiger partial charge < -0.3 is 15.7 Å². The lowest BCUT2D eigenvalue weighted by molar-refractivity contribution is 0.0720. The fourth-order valence-electron chi connectivity index (χ4n) is 3.33. The molecule has 3 N–H and O–H groups in total. The first-order valence-corrected chi connectivity index (χ1v) is 6.90. The van der Waals surface area contributed by atoms with E-state index in [1.54, 1.807) is 0 Å². The van der Waals surface area contributed by atoms with Gasteiger partial charge in [-0.05, 0) is 37.6 Å². The van der Waals surface area contributed by atoms with Crippen LogP contribution in [0.2, 0.25) is 0 Å². The maximum absolute atomic E-state index is 9.47. The molecule has 0 aromatic carbocycles. The molecule has 0 amide bonds. The molecule has 3 heteroatoms. The Balaban J connectivity index is 1.72. The first-order valence-electron chi connectivity index (χ1n) is 6.90. The first kappa shape index (κ1) is 12.3. The molecular formula is C13H26N2O. The lowest BCUT2D eigenvalue weighted by atomic mass is 9.75. The van der Waals surface area contributed by atoms with Gasteiger partial charge in [-0.25, -0.2) is 0 Å². The summed E-state index contributed by atoms with van der Waals surface area (Å²) < 4.78 is 0. The Kier molecular flexibility index (Phi) is 4.62. The highest BCUT2D eigenvalue weighted by atomic mass is 16.3. The molecule has 1 saturated heterocycles. The third-order valence-electron chi connectivity index (χ3n) is 4.43. The highest BCUT2D eigenvalue weighted by molar-refractivity contribution is 4.83. The maximum Gasteiger partial charge on any atom is 0.0674 e. The topological polar surface area (TPSA) is 49.5 Å². The fourth-order valence-corrected chi connectivity index (χ4v) is 3.33. The van der Waals surface area contributed by atoms with Gasteiger partial charge in [0.2, 0.25) is 0 Å². The molecule has 0 spiro atoms. The number of hydrogen-bond donors (Lipinski definition) is 2. The second-order valence-corrected chi connectivity index (χ2v) is 5.57. The van der Waals surface area contributed by atoms with Crippen LogP contribution in [0.1, 0.15) is 38.5 Å². The summed E-state index contributed by atoms with van der Waals surface area (Å²) in [7, 11) is 0. The van der Waals surface area contributed by atoms with Gasteiger partial charge in [0.05, 0.1) is 6.10 Å². The van der Waals surface area contributed by atoms with Crippen molar-refractivity contribution < 1.29 is 5.11 Å². The molecule has 0 radical (unpaired) electrons. The zero-order valence-electron chi connectivity index (χ0n) is 10.3. The second kappa shape index (κ2) is 5.99. The van der Waals surface area contributed by atoms with E-state index in [-0.39, 0.29) is 6.10 Å². The number of aliphatic hydroxyl groups excluding tert-OH is 1. The molecule has 3 atom stereocenters. The molecular weight excluding hydrogens is 200 g/mol. The summed E-state index contributed by atoms with van der Waals surface area (Å²) in [5.41, 5.74) is 5.43. The molecule has 1 aliphatic heterocycles. The van der Waals surface area contributed by atoms with Crippen molar-refractivity contribution in [2.24, 2.45) is 17.6 Å². The lowest BCUT2D eigenvalue weighted by Gasteiger charge is -2.41. The zero-order chi connectivity index (χ0) is 11.4. The summed E-state index contributed by atoms with van der Waals surface area (Å²) in [6.07, 6.45) is 7.69. The van der Waals surface area contributed by atoms with E-state index in [1.165, 1.54) is 45.2 Å². The maximum atomic E-state index is 9.47. The summed E-state index contributed by atoms with van der Waals surface area (Å²) >= 11 is 0. The zero-order valence-corrected chi connectivity index (χ0v) is 10.3. The van der Waals surface area contributed by atoms with Gasteiger partial charge in [0.25, 0.3) is 0 Å². The minimum absolute atomic E-state index is 0.302. The Hall–Kier alpha value is -0.120. The number of nitrogens with two attached hydrogens (primary N) is 1. The normalized spacial score (nSPS) is 33.4. The molecule has 1 aliphatic carbocycles. The summed E-state index contributed by atoms with van der Waals surface area (Å²) in [5.74, 6) is 1.95. The number of hydrogen-bond acceptors (Lipinski definition) is 3. The van der Waals surface area contributed by atoms with Gasteiger partial charge in [0.15, 0.2) is 0 Å². The van der Waals surface area contributed by atoms with Crippen LogP contribution in [-0.4, -0.2) is 42.3 Å². The Morgan fingerprint density at radius 1 is 1.19 bits per heavy atom. The molecule has 0 aromatic heterocycles. The first-order chi connectivity index (χ1) is 7.79. The van der Waals surface area contributed by atoms with E-state index in [4.69, 9.17) is 5.73 Å². The monoisotopic (exact) mass is 226 g/mol. The Morgan fingerprint density at radius 3 is 2.69 bits per heavy atom. The molecule has 94 valence electrons. The van der Waals surface area contributed by atoms with Crippen LogP contribution in [0, 0.1) is 11.8 Å². The predicted octanol–water partition coefficient (Wildman–Crippen LogP) is 1.21. The predicted molar refractivity (Wildman–Crippen MR) is 66.2 cm³/mol. The van der Waals surface area contributed by atoms with Gasteiger partial charge in [0.1, 0.15) is 0 Å². The SMILES string of the molecule is NCC(O)CCN1CCC2CCCCC2C1. The third kappa shape index (κ3) is 3.19. The van der Waals surface area contributed by atoms with E-state index in [2.05, 4.69) is 4.90 Å². The van der Waals surface area contributed by atoms with Gasteiger partial charge in [-0.15, -0.1) is 0 Å². The quantitative estimate of drug-likeness (QED) is 0.757. The van der Waals surface area contributed by atoms with Crippen molar-refractivity contribution in [1.29, 1.82) is 0 Å². The van der Waals surface area contributed by atoms with Gasteiger partial charge in [-0.3, -0.25) is 0 Å². The van der Waals surface area contributed by atoms with Crippen LogP contribution < -0.4 is 5.73 Å². The molecule has 0 aromatic rings. The summed E-state index contributed by atoms with van der Waals surface area (Å²) in [5, 5.41) is 9.47. The van der Waals surface area contributed by atoms with E-state index in [1.807, 2.05) is 0 Å². The Morgan fingerprint density at radius 2 is 1.94 bits per heavy atom. The number of piperidine rings is 1. The smallest absolute Gasteiger partial charge is 0.0674 e. The summed E-state index contributed by atoms with van der Waals surface area (Å²) in [6, 6.07) is 0. The fraction of sp³-hybridized carbons (Fsp3) is 1.00. The van der Waals surface area contributed by atoms with Crippen molar-refractivity contribution >= 4 is 0 Å². The summed E-state index contributed by atoms with van der Waals surface area (Å²) in [4.78, 5) is 2.53. The summed E-state index contributed by atoms with van der Waals surface area (Å²) in [6.45, 7) is 3.93. The van der Waals surface area contributed by atoms with Gasteiger partial charge in [-0.2, -0.15) is 0 Å². The number of rotatable bonds is 4. The van der Waals surface area contributed by atoms with E-state index >= 15 is 0 Å². The largest absolute Gasteiger partial charge is 0.392 e. The average Bonchev–Trinajstić information content (AvgIpc) is 2.35. The number of nitrogens with zero attached hydrogens (tertiary/aromatic N) is 1. The minimum atomic E-state index is -0.302. The highest BCUT2D eigenvalue weighted by Gasteiger charge is 2.30. The van der Waals surface area contributed by atoms with Crippen LogP contribution in [0.25, 0.3) is 0 Å². The molecule has 3 unspecified atom stereocenters. The molecule has 16 heavy (non-hydrogen) atoms. The molecule has 2 fully saturated rings. The molecule has 3 nitrogen and oxygen atoms in total. The van der Waals surface area contributed by atoms with Crippen LogP contribution in [0.5, 0.6) is 0 Å². The van der Waals surface area contributed by atoms with Crippen molar-refractivity contribution in [3.05, 3.63) is 0 Å². The van der Waals surface area contributed by atoms with Crippen molar-refractivity contribution in [3.8, 4) is 0 Å². The van der Waals surface area contributed by atoms with Crippen LogP contribution in [0.3, 0.4) is 0 Å². The lowest BCUT2D eigenvalue weighted by Crippen LogP contribution is -2.43. The number of likely N-dealkylation sites (tertiary alicyclic amines) is 1. The van der Waals surface area contributed by atoms with E-state index in [9.17, 15) is 5.11 Å². The molecule has 1 heterocycles. The Bertz CT molecular complexity index is 210. The minimum Gasteiger partial charge on any atom is -0.392 e. The number of aliphatic hydroxyl groups is 1. The third-order valence-corrected chi connectivity index (χ3v) is 4.43. The molecule has 2 rings (SSSR count). The van der Waals surface area contributed by atoms with Crippen LogP contribution in [-0.2, 0) is 0 Å². The van der Waals surface area contributed by atoms with Gasteiger partial charge in [0, 0.05) is 19.6 Å². The van der Waals surface area contributed by atoms with Crippen molar-refractivity contribution in [2.75, 3.05) is 26.2 Å². The van der Waals surface area contributed by atoms with Gasteiger partial charge >= 0.3 is 0 Å². The van der Waals surface area contributed by atoms with Crippen molar-refractivity contribution in [2.45, 2.75) is 44.6 Å². The number of fused-ring (bicyclic) bond motifs is 1. The van der Waals surface area contributed by atoms with E-state index in [0.717, 1.165) is 24.8 Å². The molecule has 2 aliphatic rings. The standard InChI is InChI=1S/C13H26N2O/c14-9-13(16)6-8-15-7-5-11-3-1-2-4-12(11)10-15/h11-13,16H,1-10,14H2. The molecule has 0 bridgehead atoms. The average molecular weight is 226 g/mol. The second-order valence-electron chi connectivity index (χ2n) is 5.57. The van der Waals surface area contributed by atoms with E-state index < -0.39 is 0 Å². The van der Waals surface area contributed by atoms with Gasteiger partial charge in [-0.1, -0.05) is 19.3 Å². The van der Waals surface area contributed by atoms with Crippen molar-refractivity contribution in [3.63, 3.8) is 0 Å². The van der Waals surface area contributed by atoms with Crippen LogP contribution in [0.4, 0.5) is 0 Å². The Labute approximate surface area is 99.0 Å². The van der Waals surface area contributed by atoms with Crippen LogP contribution in [0.15, 0.2) is 0 Å². The highest BCUT2D eigenvalue weighted by Crippen LogP contribution is 2.35.